The second kappa shape index (κ2) is 4.49. The van der Waals surface area contributed by atoms with Crippen LogP contribution in [-0.2, 0) is 0 Å². The minimum atomic E-state index is -1.06. The first kappa shape index (κ1) is 12.4. The number of aromatic amines is 1. The van der Waals surface area contributed by atoms with Crippen molar-refractivity contribution in [1.29, 1.82) is 0 Å². The van der Waals surface area contributed by atoms with Crippen LogP contribution in [0.5, 0.6) is 0 Å². The Labute approximate surface area is 107 Å². The van der Waals surface area contributed by atoms with E-state index in [2.05, 4.69) is 20.3 Å². The van der Waals surface area contributed by atoms with Crippen molar-refractivity contribution in [2.75, 3.05) is 13.2 Å². The molecule has 0 aliphatic carbocycles. The number of fused-ring (bicyclic) bond motifs is 1. The summed E-state index contributed by atoms with van der Waals surface area (Å²) in [6.45, 7) is -0.0379. The summed E-state index contributed by atoms with van der Waals surface area (Å²) in [5, 5.41) is 32.5. The van der Waals surface area contributed by atoms with Gasteiger partial charge in [0.1, 0.15) is 11.5 Å². The second-order valence-electron chi connectivity index (χ2n) is 4.68. The maximum absolute atomic E-state index is 11.6. The van der Waals surface area contributed by atoms with E-state index in [-0.39, 0.29) is 24.1 Å². The van der Waals surface area contributed by atoms with E-state index in [1.165, 1.54) is 6.33 Å². The molecule has 0 amide bonds. The topological polar surface area (TPSA) is 131 Å². The van der Waals surface area contributed by atoms with Crippen molar-refractivity contribution in [2.45, 2.75) is 24.3 Å². The third-order valence-electron chi connectivity index (χ3n) is 3.61. The molecule has 1 fully saturated rings. The molecule has 19 heavy (non-hydrogen) atoms. The molecule has 8 heteroatoms. The van der Waals surface area contributed by atoms with Gasteiger partial charge in [-0.25, -0.2) is 4.98 Å². The Morgan fingerprint density at radius 3 is 2.84 bits per heavy atom. The van der Waals surface area contributed by atoms with Crippen molar-refractivity contribution in [3.63, 3.8) is 0 Å². The number of H-pyrrole nitrogens is 1. The number of hydrogen-bond acceptors (Lipinski definition) is 7. The van der Waals surface area contributed by atoms with Gasteiger partial charge in [-0.15, -0.1) is 0 Å². The van der Waals surface area contributed by atoms with Gasteiger partial charge in [-0.05, 0) is 5.57 Å². The zero-order chi connectivity index (χ0) is 13.6. The predicted molar refractivity (Wildman–Crippen MR) is 63.7 cm³/mol. The maximum atomic E-state index is 11.6. The fourth-order valence-corrected chi connectivity index (χ4v) is 2.59. The first-order valence-corrected chi connectivity index (χ1v) is 5.97. The number of nitrogens with one attached hydrogen (secondary N) is 2. The summed E-state index contributed by atoms with van der Waals surface area (Å²) in [5.41, 5.74) is 0.329. The lowest BCUT2D eigenvalue weighted by Crippen LogP contribution is -2.45. The highest BCUT2D eigenvalue weighted by Crippen LogP contribution is 2.20. The molecule has 0 aromatic carbocycles. The third-order valence-corrected chi connectivity index (χ3v) is 3.61. The Hall–Kier alpha value is -1.61. The highest BCUT2D eigenvalue weighted by atomic mass is 16.3. The SMILES string of the molecule is O=c1[nH]cnc2c1=NCC=2[C@@H]1N[C@H](CO)[C@@H](O)[C@H]1O. The van der Waals surface area contributed by atoms with Crippen LogP contribution in [0.15, 0.2) is 16.1 Å². The van der Waals surface area contributed by atoms with Gasteiger partial charge in [-0.1, -0.05) is 0 Å². The van der Waals surface area contributed by atoms with Crippen molar-refractivity contribution in [2.24, 2.45) is 4.99 Å². The van der Waals surface area contributed by atoms with Gasteiger partial charge in [-0.2, -0.15) is 0 Å². The maximum Gasteiger partial charge on any atom is 0.276 e. The summed E-state index contributed by atoms with van der Waals surface area (Å²) in [7, 11) is 0. The summed E-state index contributed by atoms with van der Waals surface area (Å²) in [6, 6.07) is -1.16. The molecule has 2 aliphatic heterocycles. The van der Waals surface area contributed by atoms with Crippen LogP contribution in [0.25, 0.3) is 5.57 Å². The van der Waals surface area contributed by atoms with Crippen LogP contribution in [0.2, 0.25) is 0 Å². The molecular weight excluding hydrogens is 252 g/mol. The molecule has 1 aromatic rings. The molecule has 3 heterocycles. The van der Waals surface area contributed by atoms with Gasteiger partial charge in [-0.3, -0.25) is 9.79 Å². The number of aliphatic hydroxyl groups excluding tert-OH is 3. The Balaban J connectivity index is 2.08. The van der Waals surface area contributed by atoms with Crippen LogP contribution < -0.4 is 21.6 Å². The Morgan fingerprint density at radius 2 is 2.16 bits per heavy atom. The molecule has 0 spiro atoms. The molecule has 0 unspecified atom stereocenters. The fraction of sp³-hybridized carbons (Fsp3) is 0.545. The molecular formula is C11H14N4O4. The van der Waals surface area contributed by atoms with E-state index in [9.17, 15) is 15.0 Å². The Kier molecular flexibility index (Phi) is 2.94. The van der Waals surface area contributed by atoms with Gasteiger partial charge in [0.05, 0.1) is 43.0 Å². The average Bonchev–Trinajstić information content (AvgIpc) is 2.94. The Bertz CT molecular complexity index is 670. The zero-order valence-electron chi connectivity index (χ0n) is 9.95. The quantitative estimate of drug-likeness (QED) is 0.367. The van der Waals surface area contributed by atoms with Crippen LogP contribution in [0, 0.1) is 0 Å². The molecule has 4 atom stereocenters. The normalized spacial score (nSPS) is 33.3. The van der Waals surface area contributed by atoms with Crippen LogP contribution in [0.4, 0.5) is 0 Å². The first-order valence-electron chi connectivity index (χ1n) is 5.97. The molecule has 1 saturated heterocycles. The van der Waals surface area contributed by atoms with Crippen molar-refractivity contribution in [3.8, 4) is 0 Å². The number of aliphatic hydroxyl groups is 3. The number of nitrogens with zero attached hydrogens (tertiary/aromatic N) is 2. The highest BCUT2D eigenvalue weighted by Gasteiger charge is 2.43. The molecule has 102 valence electrons. The zero-order valence-corrected chi connectivity index (χ0v) is 9.95. The van der Waals surface area contributed by atoms with E-state index in [1.54, 1.807) is 0 Å². The molecule has 0 radical (unpaired) electrons. The predicted octanol–water partition coefficient (Wildman–Crippen LogP) is -4.39. The fourth-order valence-electron chi connectivity index (χ4n) is 2.59. The first-order chi connectivity index (χ1) is 9.13. The summed E-state index contributed by atoms with van der Waals surface area (Å²) in [4.78, 5) is 22.2. The largest absolute Gasteiger partial charge is 0.395 e. The molecule has 0 bridgehead atoms. The lowest BCUT2D eigenvalue weighted by Gasteiger charge is -2.16. The molecule has 2 aliphatic rings. The average molecular weight is 266 g/mol. The van der Waals surface area contributed by atoms with Gasteiger partial charge in [0.2, 0.25) is 0 Å². The van der Waals surface area contributed by atoms with E-state index in [0.29, 0.717) is 10.9 Å². The lowest BCUT2D eigenvalue weighted by atomic mass is 10.0. The molecule has 1 aromatic heterocycles. The highest BCUT2D eigenvalue weighted by molar-refractivity contribution is 5.55. The molecule has 8 nitrogen and oxygen atoms in total. The van der Waals surface area contributed by atoms with Crippen LogP contribution in [-0.4, -0.2) is 62.7 Å². The van der Waals surface area contributed by atoms with Crippen molar-refractivity contribution >= 4 is 5.57 Å². The van der Waals surface area contributed by atoms with E-state index in [0.717, 1.165) is 0 Å². The Morgan fingerprint density at radius 1 is 1.37 bits per heavy atom. The number of rotatable bonds is 2. The monoisotopic (exact) mass is 266 g/mol. The van der Waals surface area contributed by atoms with Gasteiger partial charge < -0.3 is 25.6 Å². The second-order valence-corrected chi connectivity index (χ2v) is 4.68. The smallest absolute Gasteiger partial charge is 0.276 e. The summed E-state index contributed by atoms with van der Waals surface area (Å²) in [5.74, 6) is 0. The van der Waals surface area contributed by atoms with Crippen molar-refractivity contribution in [1.82, 2.24) is 15.3 Å². The van der Waals surface area contributed by atoms with Crippen LogP contribution in [0.3, 0.4) is 0 Å². The summed E-state index contributed by atoms with van der Waals surface area (Å²) >= 11 is 0. The number of aromatic nitrogens is 2. The van der Waals surface area contributed by atoms with Crippen molar-refractivity contribution in [3.05, 3.63) is 27.4 Å². The summed E-state index contributed by atoms with van der Waals surface area (Å²) < 4.78 is 0. The number of hydrogen-bond donors (Lipinski definition) is 5. The van der Waals surface area contributed by atoms with Crippen LogP contribution >= 0.6 is 0 Å². The molecule has 5 N–H and O–H groups in total. The molecule has 0 saturated carbocycles. The third kappa shape index (κ3) is 1.80. The van der Waals surface area contributed by atoms with Gasteiger partial charge in [0, 0.05) is 0 Å². The summed E-state index contributed by atoms with van der Waals surface area (Å²) in [6.07, 6.45) is -0.841. The lowest BCUT2D eigenvalue weighted by molar-refractivity contribution is 0.0245. The molecule has 3 rings (SSSR count). The van der Waals surface area contributed by atoms with Crippen molar-refractivity contribution < 1.29 is 15.3 Å². The minimum Gasteiger partial charge on any atom is -0.395 e. The van der Waals surface area contributed by atoms with Crippen LogP contribution in [0.1, 0.15) is 0 Å². The van der Waals surface area contributed by atoms with E-state index >= 15 is 0 Å². The van der Waals surface area contributed by atoms with Gasteiger partial charge >= 0.3 is 0 Å². The standard InChI is InChI=1S/C11H14N4O4/c16-2-5-9(17)10(18)7(15-5)4-1-12-8-6(4)13-3-14-11(8)19/h3,5,7,9-10,15-18H,1-2H2,(H,13,14,19)/t5-,7+,9-,10+/m1/s1. The minimum absolute atomic E-state index is 0.244. The van der Waals surface area contributed by atoms with E-state index < -0.39 is 24.3 Å². The van der Waals surface area contributed by atoms with Gasteiger partial charge in [0.25, 0.3) is 5.56 Å². The van der Waals surface area contributed by atoms with Gasteiger partial charge in [0.15, 0.2) is 0 Å². The van der Waals surface area contributed by atoms with E-state index in [1.807, 2.05) is 0 Å². The van der Waals surface area contributed by atoms with E-state index in [4.69, 9.17) is 5.11 Å².